The van der Waals surface area contributed by atoms with Gasteiger partial charge in [-0.15, -0.1) is 11.8 Å². The quantitative estimate of drug-likeness (QED) is 0.709. The normalized spacial score (nSPS) is 11.9. The van der Waals surface area contributed by atoms with Crippen LogP contribution in [0.2, 0.25) is 0 Å². The third-order valence-corrected chi connectivity index (χ3v) is 4.94. The van der Waals surface area contributed by atoms with Crippen molar-refractivity contribution in [2.45, 2.75) is 24.5 Å². The highest BCUT2D eigenvalue weighted by Gasteiger charge is 2.13. The number of hydrogen-bond acceptors (Lipinski definition) is 4. The van der Waals surface area contributed by atoms with Gasteiger partial charge in [0.2, 0.25) is 5.91 Å². The SMILES string of the molecule is C[C@H](SCc1ccccc1)C(=O)NCc1ccc(-n2cccn2)nc1. The molecule has 0 aliphatic heterocycles. The van der Waals surface area contributed by atoms with E-state index in [4.69, 9.17) is 0 Å². The Hall–Kier alpha value is -2.60. The first-order valence-corrected chi connectivity index (χ1v) is 9.15. The number of thioether (sulfide) groups is 1. The molecular weight excluding hydrogens is 332 g/mol. The smallest absolute Gasteiger partial charge is 0.233 e. The molecule has 0 aliphatic carbocycles. The number of carbonyl (C=O) groups is 1. The standard InChI is InChI=1S/C19H20N4OS/c1-15(25-14-16-6-3-2-4-7-16)19(24)21-13-17-8-9-18(20-12-17)23-11-5-10-22-23/h2-12,15H,13-14H2,1H3,(H,21,24)/t15-/m0/s1. The lowest BCUT2D eigenvalue weighted by Crippen LogP contribution is -2.30. The van der Waals surface area contributed by atoms with Crippen LogP contribution in [0.15, 0.2) is 67.1 Å². The van der Waals surface area contributed by atoms with Gasteiger partial charge in [-0.05, 0) is 30.2 Å². The lowest BCUT2D eigenvalue weighted by atomic mass is 10.2. The number of amides is 1. The number of pyridine rings is 1. The Bertz CT molecular complexity index is 788. The number of nitrogens with one attached hydrogen (secondary N) is 1. The summed E-state index contributed by atoms with van der Waals surface area (Å²) in [5.74, 6) is 1.62. The van der Waals surface area contributed by atoms with Crippen LogP contribution in [0, 0.1) is 0 Å². The number of benzene rings is 1. The van der Waals surface area contributed by atoms with Crippen LogP contribution in [0.4, 0.5) is 0 Å². The van der Waals surface area contributed by atoms with Crippen LogP contribution in [-0.4, -0.2) is 25.9 Å². The maximum Gasteiger partial charge on any atom is 0.233 e. The van der Waals surface area contributed by atoms with E-state index in [1.165, 1.54) is 5.56 Å². The predicted octanol–water partition coefficient (Wildman–Crippen LogP) is 3.21. The second-order valence-corrected chi connectivity index (χ2v) is 6.96. The molecular formula is C19H20N4OS. The van der Waals surface area contributed by atoms with Gasteiger partial charge in [0.1, 0.15) is 0 Å². The zero-order valence-electron chi connectivity index (χ0n) is 14.0. The largest absolute Gasteiger partial charge is 0.351 e. The van der Waals surface area contributed by atoms with Crippen LogP contribution in [0.3, 0.4) is 0 Å². The Kier molecular flexibility index (Phi) is 5.85. The van der Waals surface area contributed by atoms with Crippen molar-refractivity contribution in [3.63, 3.8) is 0 Å². The van der Waals surface area contributed by atoms with Gasteiger partial charge in [-0.1, -0.05) is 36.4 Å². The summed E-state index contributed by atoms with van der Waals surface area (Å²) in [7, 11) is 0. The summed E-state index contributed by atoms with van der Waals surface area (Å²) in [5.41, 5.74) is 2.19. The van der Waals surface area contributed by atoms with Gasteiger partial charge in [-0.25, -0.2) is 9.67 Å². The minimum Gasteiger partial charge on any atom is -0.351 e. The van der Waals surface area contributed by atoms with Crippen molar-refractivity contribution in [1.82, 2.24) is 20.1 Å². The molecule has 2 aromatic heterocycles. The molecule has 128 valence electrons. The zero-order valence-corrected chi connectivity index (χ0v) is 14.8. The second-order valence-electron chi connectivity index (χ2n) is 5.63. The molecule has 3 rings (SSSR count). The number of rotatable bonds is 7. The molecule has 0 saturated heterocycles. The molecule has 3 aromatic rings. The topological polar surface area (TPSA) is 59.8 Å². The van der Waals surface area contributed by atoms with Gasteiger partial charge in [0.25, 0.3) is 0 Å². The van der Waals surface area contributed by atoms with Crippen molar-refractivity contribution >= 4 is 17.7 Å². The first-order valence-electron chi connectivity index (χ1n) is 8.10. The molecule has 1 N–H and O–H groups in total. The lowest BCUT2D eigenvalue weighted by Gasteiger charge is -2.12. The molecule has 0 spiro atoms. The van der Waals surface area contributed by atoms with E-state index in [0.717, 1.165) is 17.1 Å². The number of aromatic nitrogens is 3. The monoisotopic (exact) mass is 352 g/mol. The fourth-order valence-electron chi connectivity index (χ4n) is 2.27. The Morgan fingerprint density at radius 1 is 1.16 bits per heavy atom. The highest BCUT2D eigenvalue weighted by atomic mass is 32.2. The molecule has 2 heterocycles. The second kappa shape index (κ2) is 8.48. The maximum absolute atomic E-state index is 12.2. The minimum absolute atomic E-state index is 0.0390. The number of nitrogens with zero attached hydrogens (tertiary/aromatic N) is 3. The van der Waals surface area contributed by atoms with Crippen molar-refractivity contribution in [2.75, 3.05) is 0 Å². The molecule has 1 aromatic carbocycles. The van der Waals surface area contributed by atoms with E-state index in [0.29, 0.717) is 6.54 Å². The molecule has 0 fully saturated rings. The molecule has 0 unspecified atom stereocenters. The first kappa shape index (κ1) is 17.2. The molecule has 6 heteroatoms. The highest BCUT2D eigenvalue weighted by molar-refractivity contribution is 7.99. The summed E-state index contributed by atoms with van der Waals surface area (Å²) in [5, 5.41) is 7.01. The van der Waals surface area contributed by atoms with E-state index in [1.54, 1.807) is 28.8 Å². The summed E-state index contributed by atoms with van der Waals surface area (Å²) in [4.78, 5) is 16.6. The summed E-state index contributed by atoms with van der Waals surface area (Å²) >= 11 is 1.63. The van der Waals surface area contributed by atoms with Crippen molar-refractivity contribution in [3.05, 3.63) is 78.2 Å². The van der Waals surface area contributed by atoms with Crippen molar-refractivity contribution < 1.29 is 4.79 Å². The van der Waals surface area contributed by atoms with Crippen LogP contribution in [-0.2, 0) is 17.1 Å². The van der Waals surface area contributed by atoms with Crippen LogP contribution in [0.1, 0.15) is 18.1 Å². The van der Waals surface area contributed by atoms with E-state index in [1.807, 2.05) is 49.5 Å². The lowest BCUT2D eigenvalue weighted by molar-refractivity contribution is -0.120. The van der Waals surface area contributed by atoms with Gasteiger partial charge in [-0.3, -0.25) is 4.79 Å². The molecule has 1 amide bonds. The van der Waals surface area contributed by atoms with Crippen molar-refractivity contribution in [1.29, 1.82) is 0 Å². The molecule has 25 heavy (non-hydrogen) atoms. The Morgan fingerprint density at radius 2 is 2.00 bits per heavy atom. The third kappa shape index (κ3) is 4.93. The highest BCUT2D eigenvalue weighted by Crippen LogP contribution is 2.17. The summed E-state index contributed by atoms with van der Waals surface area (Å²) in [6.45, 7) is 2.41. The van der Waals surface area contributed by atoms with E-state index in [9.17, 15) is 4.79 Å². The van der Waals surface area contributed by atoms with E-state index >= 15 is 0 Å². The summed E-state index contributed by atoms with van der Waals surface area (Å²) in [6.07, 6.45) is 5.32. The summed E-state index contributed by atoms with van der Waals surface area (Å²) in [6, 6.07) is 15.9. The predicted molar refractivity (Wildman–Crippen MR) is 100 cm³/mol. The van der Waals surface area contributed by atoms with Gasteiger partial charge in [-0.2, -0.15) is 5.10 Å². The Morgan fingerprint density at radius 3 is 2.68 bits per heavy atom. The Labute approximate surface area is 151 Å². The molecule has 0 bridgehead atoms. The molecule has 1 atom stereocenters. The first-order chi connectivity index (χ1) is 12.2. The Balaban J connectivity index is 1.46. The number of hydrogen-bond donors (Lipinski definition) is 1. The van der Waals surface area contributed by atoms with E-state index in [2.05, 4.69) is 27.5 Å². The van der Waals surface area contributed by atoms with Crippen LogP contribution in [0.25, 0.3) is 5.82 Å². The zero-order chi connectivity index (χ0) is 17.5. The third-order valence-electron chi connectivity index (χ3n) is 3.73. The van der Waals surface area contributed by atoms with Crippen LogP contribution >= 0.6 is 11.8 Å². The average molecular weight is 352 g/mol. The number of carbonyl (C=O) groups excluding carboxylic acids is 1. The maximum atomic E-state index is 12.2. The van der Waals surface area contributed by atoms with Crippen LogP contribution in [0.5, 0.6) is 0 Å². The van der Waals surface area contributed by atoms with E-state index in [-0.39, 0.29) is 11.2 Å². The van der Waals surface area contributed by atoms with Crippen molar-refractivity contribution in [2.24, 2.45) is 0 Å². The molecule has 5 nitrogen and oxygen atoms in total. The van der Waals surface area contributed by atoms with Gasteiger partial charge >= 0.3 is 0 Å². The van der Waals surface area contributed by atoms with Gasteiger partial charge in [0, 0.05) is 30.9 Å². The summed E-state index contributed by atoms with van der Waals surface area (Å²) < 4.78 is 1.70. The van der Waals surface area contributed by atoms with Gasteiger partial charge < -0.3 is 5.32 Å². The van der Waals surface area contributed by atoms with Gasteiger partial charge in [0.15, 0.2) is 5.82 Å². The fraction of sp³-hybridized carbons (Fsp3) is 0.211. The van der Waals surface area contributed by atoms with Crippen LogP contribution < -0.4 is 5.32 Å². The van der Waals surface area contributed by atoms with Crippen molar-refractivity contribution in [3.8, 4) is 5.82 Å². The fourth-order valence-corrected chi connectivity index (χ4v) is 3.13. The van der Waals surface area contributed by atoms with Gasteiger partial charge in [0.05, 0.1) is 5.25 Å². The molecule has 0 aliphatic rings. The minimum atomic E-state index is -0.100. The average Bonchev–Trinajstić information content (AvgIpc) is 3.20. The van der Waals surface area contributed by atoms with E-state index < -0.39 is 0 Å². The molecule has 0 radical (unpaired) electrons. The molecule has 0 saturated carbocycles.